The Hall–Kier alpha value is -2.27. The summed E-state index contributed by atoms with van der Waals surface area (Å²) in [5.41, 5.74) is 2.88. The second kappa shape index (κ2) is 6.01. The molecule has 2 heterocycles. The smallest absolute Gasteiger partial charge is 0.227 e. The molecular formula is C16H18N4O. The van der Waals surface area contributed by atoms with Gasteiger partial charge in [0, 0.05) is 11.8 Å². The van der Waals surface area contributed by atoms with Gasteiger partial charge in [-0.2, -0.15) is 4.98 Å². The van der Waals surface area contributed by atoms with Crippen LogP contribution in [0.2, 0.25) is 0 Å². The van der Waals surface area contributed by atoms with E-state index in [0.717, 1.165) is 41.5 Å². The van der Waals surface area contributed by atoms with Crippen molar-refractivity contribution in [2.24, 2.45) is 0 Å². The Balaban J connectivity index is 1.90. The minimum Gasteiger partial charge on any atom is -0.339 e. The Morgan fingerprint density at radius 3 is 2.90 bits per heavy atom. The van der Waals surface area contributed by atoms with Crippen LogP contribution in [0.15, 0.2) is 34.9 Å². The van der Waals surface area contributed by atoms with Crippen molar-refractivity contribution < 1.29 is 4.52 Å². The van der Waals surface area contributed by atoms with Gasteiger partial charge in [-0.15, -0.1) is 0 Å². The molecule has 108 valence electrons. The lowest BCUT2D eigenvalue weighted by Crippen LogP contribution is -2.08. The van der Waals surface area contributed by atoms with Crippen LogP contribution >= 0.6 is 0 Å². The predicted octanol–water partition coefficient (Wildman–Crippen LogP) is 2.75. The normalized spacial score (nSPS) is 11.1. The van der Waals surface area contributed by atoms with Crippen LogP contribution in [0.3, 0.4) is 0 Å². The highest BCUT2D eigenvalue weighted by atomic mass is 16.5. The molecule has 3 rings (SSSR count). The number of hydrogen-bond donors (Lipinski definition) is 1. The van der Waals surface area contributed by atoms with E-state index in [1.54, 1.807) is 0 Å². The summed E-state index contributed by atoms with van der Waals surface area (Å²) in [6.07, 6.45) is 1.75. The Bertz CT molecular complexity index is 751. The van der Waals surface area contributed by atoms with Gasteiger partial charge in [0.2, 0.25) is 11.7 Å². The van der Waals surface area contributed by atoms with E-state index >= 15 is 0 Å². The Morgan fingerprint density at radius 1 is 1.19 bits per heavy atom. The van der Waals surface area contributed by atoms with E-state index < -0.39 is 0 Å². The molecule has 0 aliphatic rings. The summed E-state index contributed by atoms with van der Waals surface area (Å²) < 4.78 is 5.29. The van der Waals surface area contributed by atoms with Gasteiger partial charge in [-0.1, -0.05) is 23.4 Å². The highest BCUT2D eigenvalue weighted by molar-refractivity contribution is 5.84. The fourth-order valence-corrected chi connectivity index (χ4v) is 2.34. The zero-order chi connectivity index (χ0) is 14.7. The summed E-state index contributed by atoms with van der Waals surface area (Å²) in [5, 5.41) is 8.30. The van der Waals surface area contributed by atoms with E-state index in [-0.39, 0.29) is 0 Å². The molecule has 1 aromatic carbocycles. The summed E-state index contributed by atoms with van der Waals surface area (Å²) >= 11 is 0. The molecule has 0 atom stereocenters. The maximum atomic E-state index is 5.29. The first-order valence-electron chi connectivity index (χ1n) is 7.12. The molecule has 0 radical (unpaired) electrons. The van der Waals surface area contributed by atoms with Crippen molar-refractivity contribution in [2.75, 3.05) is 13.6 Å². The van der Waals surface area contributed by atoms with Crippen molar-refractivity contribution in [1.82, 2.24) is 20.4 Å². The fourth-order valence-electron chi connectivity index (χ4n) is 2.34. The van der Waals surface area contributed by atoms with Crippen LogP contribution in [0.4, 0.5) is 0 Å². The van der Waals surface area contributed by atoms with Gasteiger partial charge in [-0.25, -0.2) is 4.98 Å². The zero-order valence-electron chi connectivity index (χ0n) is 12.3. The van der Waals surface area contributed by atoms with Gasteiger partial charge < -0.3 is 9.84 Å². The summed E-state index contributed by atoms with van der Waals surface area (Å²) in [5.74, 6) is 1.22. The monoisotopic (exact) mass is 282 g/mol. The minimum atomic E-state index is 0.559. The van der Waals surface area contributed by atoms with Crippen molar-refractivity contribution >= 4 is 10.9 Å². The molecule has 0 aliphatic carbocycles. The molecule has 1 N–H and O–H groups in total. The van der Waals surface area contributed by atoms with Crippen molar-refractivity contribution in [2.45, 2.75) is 19.8 Å². The van der Waals surface area contributed by atoms with Crippen molar-refractivity contribution in [1.29, 1.82) is 0 Å². The van der Waals surface area contributed by atoms with Crippen LogP contribution in [-0.4, -0.2) is 28.7 Å². The first kappa shape index (κ1) is 13.7. The van der Waals surface area contributed by atoms with Crippen molar-refractivity contribution in [3.63, 3.8) is 0 Å². The average Bonchev–Trinajstić information content (AvgIpc) is 2.96. The van der Waals surface area contributed by atoms with E-state index in [0.29, 0.717) is 11.7 Å². The first-order valence-corrected chi connectivity index (χ1v) is 7.12. The molecule has 0 saturated carbocycles. The second-order valence-corrected chi connectivity index (χ2v) is 5.06. The maximum absolute atomic E-state index is 5.29. The van der Waals surface area contributed by atoms with Gasteiger partial charge in [-0.3, -0.25) is 0 Å². The maximum Gasteiger partial charge on any atom is 0.227 e. The Kier molecular flexibility index (Phi) is 3.92. The molecule has 0 aliphatic heterocycles. The number of benzene rings is 1. The quantitative estimate of drug-likeness (QED) is 0.729. The highest BCUT2D eigenvalue weighted by Gasteiger charge is 2.11. The zero-order valence-corrected chi connectivity index (χ0v) is 12.3. The highest BCUT2D eigenvalue weighted by Crippen LogP contribution is 2.22. The number of pyridine rings is 1. The Labute approximate surface area is 123 Å². The van der Waals surface area contributed by atoms with E-state index in [1.165, 1.54) is 0 Å². The largest absolute Gasteiger partial charge is 0.339 e. The summed E-state index contributed by atoms with van der Waals surface area (Å²) in [4.78, 5) is 9.05. The molecule has 5 nitrogen and oxygen atoms in total. The lowest BCUT2D eigenvalue weighted by molar-refractivity contribution is 0.375. The fraction of sp³-hybridized carbons (Fsp3) is 0.312. The molecule has 5 heteroatoms. The number of nitrogens with zero attached hydrogens (tertiary/aromatic N) is 3. The predicted molar refractivity (Wildman–Crippen MR) is 82.0 cm³/mol. The number of nitrogens with one attached hydrogen (secondary N) is 1. The van der Waals surface area contributed by atoms with E-state index in [2.05, 4.69) is 33.4 Å². The molecule has 0 unspecified atom stereocenters. The molecule has 0 spiro atoms. The third kappa shape index (κ3) is 2.92. The topological polar surface area (TPSA) is 63.8 Å². The van der Waals surface area contributed by atoms with E-state index in [1.807, 2.05) is 31.3 Å². The average molecular weight is 282 g/mol. The van der Waals surface area contributed by atoms with Crippen LogP contribution in [0.5, 0.6) is 0 Å². The van der Waals surface area contributed by atoms with Crippen LogP contribution in [0, 0.1) is 6.92 Å². The molecule has 2 aromatic heterocycles. The van der Waals surface area contributed by atoms with Gasteiger partial charge in [0.1, 0.15) is 5.69 Å². The molecule has 3 aromatic rings. The van der Waals surface area contributed by atoms with Crippen LogP contribution in [-0.2, 0) is 6.42 Å². The van der Waals surface area contributed by atoms with Gasteiger partial charge in [0.15, 0.2) is 0 Å². The Morgan fingerprint density at radius 2 is 2.05 bits per heavy atom. The third-order valence-corrected chi connectivity index (χ3v) is 3.44. The molecular weight excluding hydrogens is 264 g/mol. The number of para-hydroxylation sites is 1. The number of rotatable bonds is 5. The van der Waals surface area contributed by atoms with Crippen LogP contribution < -0.4 is 5.32 Å². The number of aryl methyl sites for hydroxylation is 2. The van der Waals surface area contributed by atoms with E-state index in [4.69, 9.17) is 4.52 Å². The van der Waals surface area contributed by atoms with Crippen LogP contribution in [0.25, 0.3) is 22.4 Å². The third-order valence-electron chi connectivity index (χ3n) is 3.44. The summed E-state index contributed by atoms with van der Waals surface area (Å²) in [6, 6.07) is 10.1. The van der Waals surface area contributed by atoms with Gasteiger partial charge in [0.05, 0.1) is 5.52 Å². The number of fused-ring (bicyclic) bond motifs is 1. The molecule has 0 amide bonds. The summed E-state index contributed by atoms with van der Waals surface area (Å²) in [6.45, 7) is 3.01. The SMILES string of the molecule is CNCCCc1nc(-c2cc(C)c3ccccc3n2)no1. The summed E-state index contributed by atoms with van der Waals surface area (Å²) in [7, 11) is 1.93. The molecule has 0 saturated heterocycles. The standard InChI is InChI=1S/C16H18N4O/c1-11-10-14(18-13-7-4-3-6-12(11)13)16-19-15(21-20-16)8-5-9-17-2/h3-4,6-7,10,17H,5,8-9H2,1-2H3. The molecule has 0 bridgehead atoms. The number of aromatic nitrogens is 3. The van der Waals surface area contributed by atoms with E-state index in [9.17, 15) is 0 Å². The van der Waals surface area contributed by atoms with Gasteiger partial charge in [-0.05, 0) is 44.6 Å². The molecule has 21 heavy (non-hydrogen) atoms. The van der Waals surface area contributed by atoms with Gasteiger partial charge >= 0.3 is 0 Å². The van der Waals surface area contributed by atoms with Gasteiger partial charge in [0.25, 0.3) is 0 Å². The second-order valence-electron chi connectivity index (χ2n) is 5.06. The minimum absolute atomic E-state index is 0.559. The molecule has 0 fully saturated rings. The van der Waals surface area contributed by atoms with Crippen molar-refractivity contribution in [3.05, 3.63) is 41.8 Å². The van der Waals surface area contributed by atoms with Crippen molar-refractivity contribution in [3.8, 4) is 11.5 Å². The lowest BCUT2D eigenvalue weighted by Gasteiger charge is -2.03. The number of hydrogen-bond acceptors (Lipinski definition) is 5. The lowest BCUT2D eigenvalue weighted by atomic mass is 10.1. The first-order chi connectivity index (χ1) is 10.3. The van der Waals surface area contributed by atoms with Crippen LogP contribution in [0.1, 0.15) is 17.9 Å².